The van der Waals surface area contributed by atoms with Crippen LogP contribution in [0.25, 0.3) is 11.1 Å². The number of hydrogen-bond acceptors (Lipinski definition) is 5. The molecule has 128 valence electrons. The molecule has 1 aliphatic rings. The summed E-state index contributed by atoms with van der Waals surface area (Å²) in [5, 5.41) is 0. The minimum atomic E-state index is -0.337. The second-order valence-corrected chi connectivity index (χ2v) is 5.90. The number of carbonyl (C=O) groups is 2. The minimum Gasteiger partial charge on any atom is -0.453 e. The molecule has 1 aromatic heterocycles. The van der Waals surface area contributed by atoms with E-state index in [-0.39, 0.29) is 12.0 Å². The maximum absolute atomic E-state index is 12.6. The fourth-order valence-electron chi connectivity index (χ4n) is 2.96. The fraction of sp³-hybridized carbons (Fsp3) is 0.471. The first kappa shape index (κ1) is 16.3. The van der Waals surface area contributed by atoms with Crippen molar-refractivity contribution in [3.05, 3.63) is 29.7 Å². The molecule has 1 aliphatic heterocycles. The van der Waals surface area contributed by atoms with Gasteiger partial charge >= 0.3 is 6.09 Å². The molecule has 2 amide bonds. The minimum absolute atomic E-state index is 0.0567. The van der Waals surface area contributed by atoms with Gasteiger partial charge in [-0.15, -0.1) is 0 Å². The summed E-state index contributed by atoms with van der Waals surface area (Å²) in [5.41, 5.74) is 2.41. The summed E-state index contributed by atoms with van der Waals surface area (Å²) < 4.78 is 10.2. The number of benzene rings is 1. The maximum Gasteiger partial charge on any atom is 0.409 e. The van der Waals surface area contributed by atoms with E-state index in [2.05, 4.69) is 4.98 Å². The summed E-state index contributed by atoms with van der Waals surface area (Å²) >= 11 is 0. The van der Waals surface area contributed by atoms with Crippen LogP contribution in [0, 0.1) is 6.92 Å². The van der Waals surface area contributed by atoms with Gasteiger partial charge in [-0.1, -0.05) is 6.07 Å². The summed E-state index contributed by atoms with van der Waals surface area (Å²) in [6, 6.07) is 5.63. The summed E-state index contributed by atoms with van der Waals surface area (Å²) in [5.74, 6) is 0.671. The molecule has 24 heavy (non-hydrogen) atoms. The summed E-state index contributed by atoms with van der Waals surface area (Å²) in [6.45, 7) is 4.09. The molecule has 7 heteroatoms. The number of hydrogen-bond donors (Lipinski definition) is 0. The van der Waals surface area contributed by atoms with Gasteiger partial charge in [-0.3, -0.25) is 4.79 Å². The molecule has 0 spiro atoms. The SMILES string of the molecule is COC(=O)N1CCCN(C(=O)Cc2ccc3oc(C)nc3c2)CC1. The molecule has 0 unspecified atom stereocenters. The highest BCUT2D eigenvalue weighted by Crippen LogP contribution is 2.18. The van der Waals surface area contributed by atoms with Crippen molar-refractivity contribution in [2.45, 2.75) is 19.8 Å². The van der Waals surface area contributed by atoms with Crippen molar-refractivity contribution >= 4 is 23.1 Å². The summed E-state index contributed by atoms with van der Waals surface area (Å²) in [7, 11) is 1.37. The largest absolute Gasteiger partial charge is 0.453 e. The highest BCUT2D eigenvalue weighted by molar-refractivity contribution is 5.81. The predicted molar refractivity (Wildman–Crippen MR) is 87.6 cm³/mol. The van der Waals surface area contributed by atoms with Crippen LogP contribution in [0.3, 0.4) is 0 Å². The van der Waals surface area contributed by atoms with Crippen LogP contribution >= 0.6 is 0 Å². The van der Waals surface area contributed by atoms with E-state index in [1.807, 2.05) is 18.2 Å². The monoisotopic (exact) mass is 331 g/mol. The number of nitrogens with zero attached hydrogens (tertiary/aromatic N) is 3. The lowest BCUT2D eigenvalue weighted by Crippen LogP contribution is -2.37. The smallest absolute Gasteiger partial charge is 0.409 e. The normalized spacial score (nSPS) is 15.4. The number of aromatic nitrogens is 1. The molecule has 0 aliphatic carbocycles. The Morgan fingerprint density at radius 1 is 1.21 bits per heavy atom. The van der Waals surface area contributed by atoms with Crippen LogP contribution in [0.5, 0.6) is 0 Å². The predicted octanol–water partition coefficient (Wildman–Crippen LogP) is 1.98. The van der Waals surface area contributed by atoms with Gasteiger partial charge in [-0.2, -0.15) is 0 Å². The lowest BCUT2D eigenvalue weighted by Gasteiger charge is -2.21. The van der Waals surface area contributed by atoms with Crippen molar-refractivity contribution in [2.75, 3.05) is 33.3 Å². The molecule has 0 saturated carbocycles. The molecule has 2 aromatic rings. The van der Waals surface area contributed by atoms with Crippen LogP contribution in [-0.4, -0.2) is 60.1 Å². The highest BCUT2D eigenvalue weighted by Gasteiger charge is 2.22. The van der Waals surface area contributed by atoms with Gasteiger partial charge in [0.2, 0.25) is 5.91 Å². The molecule has 1 aromatic carbocycles. The molecule has 2 heterocycles. The van der Waals surface area contributed by atoms with Gasteiger partial charge in [0.15, 0.2) is 11.5 Å². The van der Waals surface area contributed by atoms with Gasteiger partial charge in [0.1, 0.15) is 5.52 Å². The first-order valence-corrected chi connectivity index (χ1v) is 8.03. The van der Waals surface area contributed by atoms with Crippen molar-refractivity contribution in [1.29, 1.82) is 0 Å². The van der Waals surface area contributed by atoms with Crippen LogP contribution in [0.4, 0.5) is 4.79 Å². The highest BCUT2D eigenvalue weighted by atomic mass is 16.5. The van der Waals surface area contributed by atoms with Crippen molar-refractivity contribution < 1.29 is 18.7 Å². The van der Waals surface area contributed by atoms with E-state index < -0.39 is 0 Å². The van der Waals surface area contributed by atoms with E-state index in [1.165, 1.54) is 7.11 Å². The van der Waals surface area contributed by atoms with Crippen LogP contribution in [-0.2, 0) is 16.0 Å². The third kappa shape index (κ3) is 3.50. The van der Waals surface area contributed by atoms with E-state index in [9.17, 15) is 9.59 Å². The van der Waals surface area contributed by atoms with Crippen molar-refractivity contribution in [3.63, 3.8) is 0 Å². The van der Waals surface area contributed by atoms with E-state index in [0.717, 1.165) is 23.1 Å². The number of oxazole rings is 1. The van der Waals surface area contributed by atoms with E-state index in [1.54, 1.807) is 16.7 Å². The standard InChI is InChI=1S/C17H21N3O4/c1-12-18-14-10-13(4-5-15(14)24-12)11-16(21)19-6-3-7-20(9-8-19)17(22)23-2/h4-5,10H,3,6-9,11H2,1-2H3. The first-order valence-electron chi connectivity index (χ1n) is 8.03. The van der Waals surface area contributed by atoms with Crippen molar-refractivity contribution in [2.24, 2.45) is 0 Å². The number of aryl methyl sites for hydroxylation is 1. The van der Waals surface area contributed by atoms with E-state index in [4.69, 9.17) is 9.15 Å². The summed E-state index contributed by atoms with van der Waals surface area (Å²) in [4.78, 5) is 31.9. The fourth-order valence-corrected chi connectivity index (χ4v) is 2.96. The van der Waals surface area contributed by atoms with Crippen LogP contribution in [0.1, 0.15) is 17.9 Å². The first-order chi connectivity index (χ1) is 11.6. The number of methoxy groups -OCH3 is 1. The van der Waals surface area contributed by atoms with Gasteiger partial charge in [-0.25, -0.2) is 9.78 Å². The lowest BCUT2D eigenvalue weighted by atomic mass is 10.1. The molecule has 7 nitrogen and oxygen atoms in total. The molecule has 0 bridgehead atoms. The average molecular weight is 331 g/mol. The lowest BCUT2D eigenvalue weighted by molar-refractivity contribution is -0.130. The Hall–Kier alpha value is -2.57. The maximum atomic E-state index is 12.6. The Labute approximate surface area is 140 Å². The van der Waals surface area contributed by atoms with Gasteiger partial charge in [0.25, 0.3) is 0 Å². The molecular formula is C17H21N3O4. The molecule has 0 atom stereocenters. The second-order valence-electron chi connectivity index (χ2n) is 5.90. The third-order valence-electron chi connectivity index (χ3n) is 4.20. The van der Waals surface area contributed by atoms with Gasteiger partial charge in [0.05, 0.1) is 13.5 Å². The topological polar surface area (TPSA) is 75.9 Å². The Morgan fingerprint density at radius 2 is 1.96 bits per heavy atom. The van der Waals surface area contributed by atoms with Crippen LogP contribution in [0.2, 0.25) is 0 Å². The van der Waals surface area contributed by atoms with Crippen LogP contribution < -0.4 is 0 Å². The zero-order chi connectivity index (χ0) is 17.1. The quantitative estimate of drug-likeness (QED) is 0.841. The van der Waals surface area contributed by atoms with E-state index >= 15 is 0 Å². The number of fused-ring (bicyclic) bond motifs is 1. The van der Waals surface area contributed by atoms with Gasteiger partial charge < -0.3 is 19.0 Å². The number of amides is 2. The zero-order valence-electron chi connectivity index (χ0n) is 13.9. The van der Waals surface area contributed by atoms with Crippen molar-refractivity contribution in [3.8, 4) is 0 Å². The molecule has 0 radical (unpaired) electrons. The molecule has 1 saturated heterocycles. The Bertz CT molecular complexity index is 755. The Balaban J connectivity index is 1.64. The molecule has 1 fully saturated rings. The van der Waals surface area contributed by atoms with E-state index in [0.29, 0.717) is 38.5 Å². The number of rotatable bonds is 2. The summed E-state index contributed by atoms with van der Waals surface area (Å²) in [6.07, 6.45) is 0.735. The Morgan fingerprint density at radius 3 is 2.75 bits per heavy atom. The third-order valence-corrected chi connectivity index (χ3v) is 4.20. The number of carbonyl (C=O) groups excluding carboxylic acids is 2. The van der Waals surface area contributed by atoms with Crippen LogP contribution in [0.15, 0.2) is 22.6 Å². The number of ether oxygens (including phenoxy) is 1. The Kier molecular flexibility index (Phi) is 4.69. The molecule has 3 rings (SSSR count). The average Bonchev–Trinajstić information content (AvgIpc) is 2.78. The zero-order valence-corrected chi connectivity index (χ0v) is 13.9. The molecule has 0 N–H and O–H groups in total. The van der Waals surface area contributed by atoms with Gasteiger partial charge in [-0.05, 0) is 24.1 Å². The van der Waals surface area contributed by atoms with Gasteiger partial charge in [0, 0.05) is 33.1 Å². The van der Waals surface area contributed by atoms with Crippen molar-refractivity contribution in [1.82, 2.24) is 14.8 Å². The molecular weight excluding hydrogens is 310 g/mol. The second kappa shape index (κ2) is 6.90.